The molecule has 13 heteroatoms. The molecule has 1 saturated heterocycles. The second-order valence-electron chi connectivity index (χ2n) is 7.56. The van der Waals surface area contributed by atoms with E-state index in [1.54, 1.807) is 6.07 Å². The number of nitrogens with two attached hydrogens (primary N) is 1. The van der Waals surface area contributed by atoms with E-state index >= 15 is 4.39 Å². The van der Waals surface area contributed by atoms with Crippen LogP contribution in [0.5, 0.6) is 0 Å². The lowest BCUT2D eigenvalue weighted by molar-refractivity contribution is 0.389. The molecule has 0 atom stereocenters. The van der Waals surface area contributed by atoms with Crippen LogP contribution in [0.3, 0.4) is 0 Å². The van der Waals surface area contributed by atoms with E-state index < -0.39 is 21.7 Å². The van der Waals surface area contributed by atoms with Gasteiger partial charge < -0.3 is 10.6 Å². The second kappa shape index (κ2) is 8.38. The van der Waals surface area contributed by atoms with Crippen molar-refractivity contribution >= 4 is 65.0 Å². The fourth-order valence-corrected chi connectivity index (χ4v) is 6.01. The minimum absolute atomic E-state index is 0.0335. The molecular formula is C21H17ClF2N6O2S2. The molecule has 5 rings (SSSR count). The van der Waals surface area contributed by atoms with Gasteiger partial charge in [0.25, 0.3) is 0 Å². The first-order chi connectivity index (χ1) is 16.2. The van der Waals surface area contributed by atoms with Crippen LogP contribution in [0.15, 0.2) is 36.5 Å². The number of hydrogen-bond donors (Lipinski definition) is 1. The molecule has 176 valence electrons. The van der Waals surface area contributed by atoms with Crippen LogP contribution in [0.2, 0.25) is 5.02 Å². The van der Waals surface area contributed by atoms with Crippen molar-refractivity contribution in [3.63, 3.8) is 0 Å². The van der Waals surface area contributed by atoms with Gasteiger partial charge in [0.2, 0.25) is 10.0 Å². The summed E-state index contributed by atoms with van der Waals surface area (Å²) in [6, 6.07) is 4.19. The number of nitrogens with zero attached hydrogens (tertiary/aromatic N) is 5. The first kappa shape index (κ1) is 22.8. The van der Waals surface area contributed by atoms with Crippen molar-refractivity contribution in [3.8, 4) is 11.1 Å². The van der Waals surface area contributed by atoms with Crippen LogP contribution in [0, 0.1) is 11.6 Å². The zero-order valence-corrected chi connectivity index (χ0v) is 19.9. The fraction of sp³-hybridized carbons (Fsp3) is 0.190. The van der Waals surface area contributed by atoms with Gasteiger partial charge in [-0.25, -0.2) is 32.2 Å². The quantitative estimate of drug-likeness (QED) is 0.431. The molecule has 1 aliphatic heterocycles. The molecule has 2 N–H and O–H groups in total. The summed E-state index contributed by atoms with van der Waals surface area (Å²) in [6.45, 7) is 4.50. The molecule has 0 spiro atoms. The second-order valence-corrected chi connectivity index (χ2v) is 10.9. The monoisotopic (exact) mass is 522 g/mol. The third-order valence-electron chi connectivity index (χ3n) is 5.69. The highest BCUT2D eigenvalue weighted by Gasteiger charge is 2.28. The van der Waals surface area contributed by atoms with Gasteiger partial charge in [-0.15, -0.1) is 0 Å². The van der Waals surface area contributed by atoms with Crippen LogP contribution in [0.1, 0.15) is 0 Å². The summed E-state index contributed by atoms with van der Waals surface area (Å²) in [5, 5.41) is 1.53. The van der Waals surface area contributed by atoms with E-state index in [-0.39, 0.29) is 44.5 Å². The minimum atomic E-state index is -3.52. The van der Waals surface area contributed by atoms with Gasteiger partial charge in [-0.1, -0.05) is 29.5 Å². The Morgan fingerprint density at radius 3 is 2.59 bits per heavy atom. The van der Waals surface area contributed by atoms with Gasteiger partial charge in [-0.05, 0) is 18.2 Å². The Morgan fingerprint density at radius 2 is 1.88 bits per heavy atom. The molecule has 2 aromatic heterocycles. The van der Waals surface area contributed by atoms with Crippen LogP contribution in [0.25, 0.3) is 32.2 Å². The van der Waals surface area contributed by atoms with Gasteiger partial charge in [0, 0.05) is 48.1 Å². The summed E-state index contributed by atoms with van der Waals surface area (Å²) in [6.07, 6.45) is 1.24. The van der Waals surface area contributed by atoms with Gasteiger partial charge in [-0.3, -0.25) is 0 Å². The highest BCUT2D eigenvalue weighted by atomic mass is 35.5. The smallest absolute Gasteiger partial charge is 0.235 e. The van der Waals surface area contributed by atoms with E-state index in [0.717, 1.165) is 16.7 Å². The Balaban J connectivity index is 1.60. The number of hydrogen-bond acceptors (Lipinski definition) is 8. The molecule has 0 unspecified atom stereocenters. The van der Waals surface area contributed by atoms with Gasteiger partial charge in [0.15, 0.2) is 10.9 Å². The average Bonchev–Trinajstić information content (AvgIpc) is 3.23. The number of halogens is 3. The number of anilines is 2. The molecule has 1 aliphatic rings. The average molecular weight is 523 g/mol. The highest BCUT2D eigenvalue weighted by Crippen LogP contribution is 2.42. The Labute approximate surface area is 202 Å². The Kier molecular flexibility index (Phi) is 5.63. The van der Waals surface area contributed by atoms with Crippen LogP contribution in [-0.4, -0.2) is 53.9 Å². The van der Waals surface area contributed by atoms with Crippen molar-refractivity contribution in [2.24, 2.45) is 0 Å². The van der Waals surface area contributed by atoms with Crippen LogP contribution in [0.4, 0.5) is 19.7 Å². The highest BCUT2D eigenvalue weighted by molar-refractivity contribution is 7.92. The third-order valence-corrected chi connectivity index (χ3v) is 8.39. The number of piperazine rings is 1. The molecule has 8 nitrogen and oxygen atoms in total. The maximum Gasteiger partial charge on any atom is 0.235 e. The number of fused-ring (bicyclic) bond motifs is 2. The van der Waals surface area contributed by atoms with Crippen molar-refractivity contribution in [3.05, 3.63) is 53.2 Å². The number of nitrogen functional groups attached to an aromatic ring is 1. The summed E-state index contributed by atoms with van der Waals surface area (Å²) in [5.74, 6) is -0.763. The summed E-state index contributed by atoms with van der Waals surface area (Å²) >= 11 is 7.51. The zero-order chi connectivity index (χ0) is 24.2. The molecule has 0 radical (unpaired) electrons. The van der Waals surface area contributed by atoms with Crippen LogP contribution < -0.4 is 10.6 Å². The van der Waals surface area contributed by atoms with E-state index in [9.17, 15) is 12.8 Å². The lowest BCUT2D eigenvalue weighted by atomic mass is 10.0. The lowest BCUT2D eigenvalue weighted by Crippen LogP contribution is -2.48. The summed E-state index contributed by atoms with van der Waals surface area (Å²) in [7, 11) is -3.52. The minimum Gasteiger partial charge on any atom is -0.375 e. The third kappa shape index (κ3) is 3.66. The molecule has 34 heavy (non-hydrogen) atoms. The topological polar surface area (TPSA) is 105 Å². The van der Waals surface area contributed by atoms with Crippen molar-refractivity contribution in [2.45, 2.75) is 0 Å². The normalized spacial score (nSPS) is 15.3. The first-order valence-electron chi connectivity index (χ1n) is 10.1. The number of rotatable bonds is 4. The van der Waals surface area contributed by atoms with Gasteiger partial charge in [-0.2, -0.15) is 4.31 Å². The Morgan fingerprint density at radius 1 is 1.15 bits per heavy atom. The first-order valence-corrected chi connectivity index (χ1v) is 12.8. The summed E-state index contributed by atoms with van der Waals surface area (Å²) in [4.78, 5) is 14.5. The van der Waals surface area contributed by atoms with E-state index in [1.807, 2.05) is 4.90 Å². The van der Waals surface area contributed by atoms with Gasteiger partial charge in [0.05, 0.1) is 15.2 Å². The fourth-order valence-electron chi connectivity index (χ4n) is 4.07. The molecular weight excluding hydrogens is 506 g/mol. The van der Waals surface area contributed by atoms with E-state index in [2.05, 4.69) is 21.5 Å². The molecule has 0 amide bonds. The molecule has 1 fully saturated rings. The lowest BCUT2D eigenvalue weighted by Gasteiger charge is -2.34. The number of sulfonamides is 1. The SMILES string of the molecule is C=CS(=O)(=O)N1CCN(c2ncnc3c(F)c(-c4ccc(F)c5sc(N)nc45)c(Cl)cc23)CC1. The van der Waals surface area contributed by atoms with Crippen molar-refractivity contribution in [1.29, 1.82) is 0 Å². The van der Waals surface area contributed by atoms with E-state index in [4.69, 9.17) is 17.3 Å². The maximum absolute atomic E-state index is 15.8. The van der Waals surface area contributed by atoms with Crippen molar-refractivity contribution < 1.29 is 17.2 Å². The van der Waals surface area contributed by atoms with Crippen molar-refractivity contribution in [2.75, 3.05) is 36.8 Å². The molecule has 2 aromatic carbocycles. The van der Waals surface area contributed by atoms with E-state index in [0.29, 0.717) is 29.9 Å². The standard InChI is InChI=1S/C21H17ClF2N6O2S2/c1-2-34(31,32)30-7-5-29(6-8-30)20-12-9-13(22)15(16(24)17(12)26-10-27-20)11-3-4-14(23)19-18(11)28-21(25)33-19/h2-4,9-10H,1,5-8H2,(H2,25,28). The molecule has 0 bridgehead atoms. The zero-order valence-electron chi connectivity index (χ0n) is 17.5. The molecule has 0 saturated carbocycles. The summed E-state index contributed by atoms with van der Waals surface area (Å²) in [5.41, 5.74) is 6.36. The molecule has 4 aromatic rings. The van der Waals surface area contributed by atoms with Gasteiger partial charge >= 0.3 is 0 Å². The number of thiazole rings is 1. The van der Waals surface area contributed by atoms with Crippen molar-refractivity contribution in [1.82, 2.24) is 19.3 Å². The predicted octanol–water partition coefficient (Wildman–Crippen LogP) is 4.02. The predicted molar refractivity (Wildman–Crippen MR) is 130 cm³/mol. The van der Waals surface area contributed by atoms with Gasteiger partial charge in [0.1, 0.15) is 23.5 Å². The van der Waals surface area contributed by atoms with E-state index in [1.165, 1.54) is 22.8 Å². The largest absolute Gasteiger partial charge is 0.375 e. The maximum atomic E-state index is 15.8. The van der Waals surface area contributed by atoms with Crippen LogP contribution in [-0.2, 0) is 10.0 Å². The number of aromatic nitrogens is 3. The Hall–Kier alpha value is -2.93. The molecule has 3 heterocycles. The number of benzene rings is 2. The molecule has 0 aliphatic carbocycles. The van der Waals surface area contributed by atoms with Crippen LogP contribution >= 0.6 is 22.9 Å². The Bertz CT molecular complexity index is 1570. The summed E-state index contributed by atoms with van der Waals surface area (Å²) < 4.78 is 55.7.